The molecule has 1 aromatic carbocycles. The molecule has 0 aromatic heterocycles. The number of carbonyl (C=O) groups is 1. The Labute approximate surface area is 128 Å². The number of amides is 1. The van der Waals surface area contributed by atoms with Crippen LogP contribution in [0.5, 0.6) is 5.75 Å². The van der Waals surface area contributed by atoms with Crippen LogP contribution in [-0.4, -0.2) is 24.6 Å². The minimum absolute atomic E-state index is 0.0340. The van der Waals surface area contributed by atoms with Crippen molar-refractivity contribution in [1.82, 2.24) is 5.32 Å². The Morgan fingerprint density at radius 1 is 1.40 bits per heavy atom. The molecule has 2 unspecified atom stereocenters. The summed E-state index contributed by atoms with van der Waals surface area (Å²) >= 11 is 11.8. The molecule has 0 saturated heterocycles. The third-order valence-corrected chi connectivity index (χ3v) is 3.69. The molecule has 1 aromatic rings. The van der Waals surface area contributed by atoms with Gasteiger partial charge >= 0.3 is 0 Å². The molecular formula is C14H18Cl2N2O2. The van der Waals surface area contributed by atoms with Crippen molar-refractivity contribution in [1.29, 1.82) is 0 Å². The highest BCUT2D eigenvalue weighted by atomic mass is 35.5. The van der Waals surface area contributed by atoms with Crippen LogP contribution >= 0.6 is 23.2 Å². The SMILES string of the molecule is CC(Oc1cc(Cl)cc(Cl)c1)C(=O)NCC(N)C1CC1. The summed E-state index contributed by atoms with van der Waals surface area (Å²) in [6.07, 6.45) is 1.68. The van der Waals surface area contributed by atoms with Gasteiger partial charge in [0.15, 0.2) is 6.10 Å². The predicted octanol–water partition coefficient (Wildman–Crippen LogP) is 2.61. The zero-order chi connectivity index (χ0) is 14.7. The third-order valence-electron chi connectivity index (χ3n) is 3.26. The third kappa shape index (κ3) is 4.54. The molecule has 0 aliphatic heterocycles. The molecule has 0 heterocycles. The number of benzene rings is 1. The summed E-state index contributed by atoms with van der Waals surface area (Å²) in [7, 11) is 0. The van der Waals surface area contributed by atoms with E-state index in [0.717, 1.165) is 12.8 Å². The Bertz CT molecular complexity index is 472. The monoisotopic (exact) mass is 316 g/mol. The van der Waals surface area contributed by atoms with Gasteiger partial charge in [-0.1, -0.05) is 23.2 Å². The summed E-state index contributed by atoms with van der Waals surface area (Å²) in [5.41, 5.74) is 5.93. The van der Waals surface area contributed by atoms with Crippen LogP contribution in [0, 0.1) is 5.92 Å². The Hall–Kier alpha value is -0.970. The molecule has 0 radical (unpaired) electrons. The average Bonchev–Trinajstić information content (AvgIpc) is 3.18. The lowest BCUT2D eigenvalue weighted by atomic mass is 10.2. The molecule has 110 valence electrons. The van der Waals surface area contributed by atoms with E-state index in [1.165, 1.54) is 0 Å². The lowest BCUT2D eigenvalue weighted by Crippen LogP contribution is -2.43. The van der Waals surface area contributed by atoms with Crippen molar-refractivity contribution in [3.8, 4) is 5.75 Å². The van der Waals surface area contributed by atoms with Crippen molar-refractivity contribution in [3.63, 3.8) is 0 Å². The highest BCUT2D eigenvalue weighted by Crippen LogP contribution is 2.31. The Balaban J connectivity index is 1.83. The van der Waals surface area contributed by atoms with E-state index in [1.807, 2.05) is 0 Å². The minimum Gasteiger partial charge on any atom is -0.481 e. The molecule has 20 heavy (non-hydrogen) atoms. The van der Waals surface area contributed by atoms with E-state index in [-0.39, 0.29) is 11.9 Å². The van der Waals surface area contributed by atoms with Gasteiger partial charge in [-0.3, -0.25) is 4.79 Å². The fraction of sp³-hybridized carbons (Fsp3) is 0.500. The highest BCUT2D eigenvalue weighted by Gasteiger charge is 2.29. The first-order valence-electron chi connectivity index (χ1n) is 6.61. The molecule has 1 saturated carbocycles. The van der Waals surface area contributed by atoms with Gasteiger partial charge in [0.05, 0.1) is 0 Å². The van der Waals surface area contributed by atoms with Gasteiger partial charge in [-0.05, 0) is 43.9 Å². The number of carbonyl (C=O) groups excluding carboxylic acids is 1. The Kier molecular flexibility index (Phi) is 5.13. The number of hydrogen-bond acceptors (Lipinski definition) is 3. The van der Waals surface area contributed by atoms with Crippen molar-refractivity contribution < 1.29 is 9.53 Å². The van der Waals surface area contributed by atoms with Crippen molar-refractivity contribution in [2.45, 2.75) is 31.9 Å². The first kappa shape index (κ1) is 15.4. The van der Waals surface area contributed by atoms with Gasteiger partial charge in [-0.2, -0.15) is 0 Å². The number of nitrogens with one attached hydrogen (secondary N) is 1. The quantitative estimate of drug-likeness (QED) is 0.848. The Morgan fingerprint density at radius 2 is 2.00 bits per heavy atom. The molecule has 0 bridgehead atoms. The predicted molar refractivity (Wildman–Crippen MR) is 80.3 cm³/mol. The summed E-state index contributed by atoms with van der Waals surface area (Å²) in [4.78, 5) is 11.9. The molecular weight excluding hydrogens is 299 g/mol. The van der Waals surface area contributed by atoms with E-state index in [4.69, 9.17) is 33.7 Å². The van der Waals surface area contributed by atoms with E-state index >= 15 is 0 Å². The standard InChI is InChI=1S/C14H18Cl2N2O2/c1-8(14(19)18-7-13(17)9-2-3-9)20-12-5-10(15)4-11(16)6-12/h4-6,8-9,13H,2-3,7,17H2,1H3,(H,18,19). The maximum Gasteiger partial charge on any atom is 0.260 e. The number of rotatable bonds is 6. The van der Waals surface area contributed by atoms with E-state index in [1.54, 1.807) is 25.1 Å². The van der Waals surface area contributed by atoms with E-state index < -0.39 is 6.10 Å². The zero-order valence-electron chi connectivity index (χ0n) is 11.2. The van der Waals surface area contributed by atoms with Crippen LogP contribution in [-0.2, 0) is 4.79 Å². The van der Waals surface area contributed by atoms with Gasteiger partial charge < -0.3 is 15.8 Å². The van der Waals surface area contributed by atoms with E-state index in [9.17, 15) is 4.79 Å². The molecule has 1 fully saturated rings. The second-order valence-corrected chi connectivity index (χ2v) is 5.98. The van der Waals surface area contributed by atoms with Crippen LogP contribution < -0.4 is 15.8 Å². The van der Waals surface area contributed by atoms with Crippen LogP contribution in [0.3, 0.4) is 0 Å². The van der Waals surface area contributed by atoms with Crippen LogP contribution in [0.15, 0.2) is 18.2 Å². The van der Waals surface area contributed by atoms with Gasteiger partial charge in [0, 0.05) is 22.6 Å². The second-order valence-electron chi connectivity index (χ2n) is 5.11. The normalized spacial score (nSPS) is 17.4. The smallest absolute Gasteiger partial charge is 0.260 e. The molecule has 2 rings (SSSR count). The largest absolute Gasteiger partial charge is 0.481 e. The lowest BCUT2D eigenvalue weighted by Gasteiger charge is -2.17. The fourth-order valence-electron chi connectivity index (χ4n) is 1.91. The average molecular weight is 317 g/mol. The van der Waals surface area contributed by atoms with Crippen LogP contribution in [0.2, 0.25) is 10.0 Å². The highest BCUT2D eigenvalue weighted by molar-refractivity contribution is 6.34. The summed E-state index contributed by atoms with van der Waals surface area (Å²) in [6, 6.07) is 4.88. The van der Waals surface area contributed by atoms with Gasteiger partial charge in [0.25, 0.3) is 5.91 Å². The number of nitrogens with two attached hydrogens (primary N) is 1. The number of ether oxygens (including phenoxy) is 1. The summed E-state index contributed by atoms with van der Waals surface area (Å²) in [5, 5.41) is 3.73. The molecule has 1 amide bonds. The molecule has 1 aliphatic rings. The summed E-state index contributed by atoms with van der Waals surface area (Å²) in [5.74, 6) is 0.826. The van der Waals surface area contributed by atoms with Crippen LogP contribution in [0.4, 0.5) is 0 Å². The van der Waals surface area contributed by atoms with E-state index in [2.05, 4.69) is 5.32 Å². The van der Waals surface area contributed by atoms with Crippen molar-refractivity contribution >= 4 is 29.1 Å². The molecule has 1 aliphatic carbocycles. The van der Waals surface area contributed by atoms with E-state index in [0.29, 0.717) is 28.3 Å². The molecule has 2 atom stereocenters. The van der Waals surface area contributed by atoms with Gasteiger partial charge in [-0.25, -0.2) is 0 Å². The van der Waals surface area contributed by atoms with Crippen LogP contribution in [0.1, 0.15) is 19.8 Å². The number of halogens is 2. The first-order valence-corrected chi connectivity index (χ1v) is 7.37. The van der Waals surface area contributed by atoms with Crippen molar-refractivity contribution in [2.75, 3.05) is 6.54 Å². The Morgan fingerprint density at radius 3 is 2.55 bits per heavy atom. The van der Waals surface area contributed by atoms with Crippen molar-refractivity contribution in [2.24, 2.45) is 11.7 Å². The first-order chi connectivity index (χ1) is 9.45. The minimum atomic E-state index is -0.629. The van der Waals surface area contributed by atoms with Gasteiger partial charge in [-0.15, -0.1) is 0 Å². The lowest BCUT2D eigenvalue weighted by molar-refractivity contribution is -0.127. The van der Waals surface area contributed by atoms with Crippen LogP contribution in [0.25, 0.3) is 0 Å². The fourth-order valence-corrected chi connectivity index (χ4v) is 2.41. The molecule has 6 heteroatoms. The maximum atomic E-state index is 11.9. The van der Waals surface area contributed by atoms with Gasteiger partial charge in [0.1, 0.15) is 5.75 Å². The van der Waals surface area contributed by atoms with Gasteiger partial charge in [0.2, 0.25) is 0 Å². The number of hydrogen-bond donors (Lipinski definition) is 2. The van der Waals surface area contributed by atoms with Crippen molar-refractivity contribution in [3.05, 3.63) is 28.2 Å². The summed E-state index contributed by atoms with van der Waals surface area (Å²) < 4.78 is 5.52. The second kappa shape index (κ2) is 6.66. The molecule has 3 N–H and O–H groups in total. The topological polar surface area (TPSA) is 64.3 Å². The molecule has 4 nitrogen and oxygen atoms in total. The molecule has 0 spiro atoms. The maximum absolute atomic E-state index is 11.9. The summed E-state index contributed by atoms with van der Waals surface area (Å²) in [6.45, 7) is 2.15. The zero-order valence-corrected chi connectivity index (χ0v) is 12.7.